The second-order valence-electron chi connectivity index (χ2n) is 5.49. The fourth-order valence-corrected chi connectivity index (χ4v) is 2.56. The van der Waals surface area contributed by atoms with Crippen LogP contribution in [0.3, 0.4) is 0 Å². The topological polar surface area (TPSA) is 51.0 Å². The lowest BCUT2D eigenvalue weighted by Crippen LogP contribution is -2.30. The SMILES string of the molecule is CC1CCNC(c2nc(Cc3ccc(F)cc3)no2)C1. The Balaban J connectivity index is 1.68. The highest BCUT2D eigenvalue weighted by molar-refractivity contribution is 5.19. The Bertz CT molecular complexity index is 567. The molecule has 1 fully saturated rings. The predicted molar refractivity (Wildman–Crippen MR) is 72.6 cm³/mol. The van der Waals surface area contributed by atoms with Crippen LogP contribution in [-0.2, 0) is 6.42 Å². The van der Waals surface area contributed by atoms with Gasteiger partial charge in [0.2, 0.25) is 5.89 Å². The lowest BCUT2D eigenvalue weighted by atomic mass is 9.94. The van der Waals surface area contributed by atoms with Gasteiger partial charge in [-0.15, -0.1) is 0 Å². The standard InChI is InChI=1S/C15H18FN3O/c1-10-6-7-17-13(8-10)15-18-14(19-20-15)9-11-2-4-12(16)5-3-11/h2-5,10,13,17H,6-9H2,1H3. The summed E-state index contributed by atoms with van der Waals surface area (Å²) in [5.41, 5.74) is 0.976. The van der Waals surface area contributed by atoms with Crippen LogP contribution < -0.4 is 5.32 Å². The average Bonchev–Trinajstić information content (AvgIpc) is 2.90. The van der Waals surface area contributed by atoms with E-state index in [1.807, 2.05) is 0 Å². The van der Waals surface area contributed by atoms with Gasteiger partial charge in [-0.3, -0.25) is 0 Å². The van der Waals surface area contributed by atoms with E-state index in [1.54, 1.807) is 12.1 Å². The number of aromatic nitrogens is 2. The molecule has 3 rings (SSSR count). The van der Waals surface area contributed by atoms with Gasteiger partial charge in [-0.2, -0.15) is 4.98 Å². The summed E-state index contributed by atoms with van der Waals surface area (Å²) in [5.74, 6) is 1.75. The molecular weight excluding hydrogens is 257 g/mol. The fraction of sp³-hybridized carbons (Fsp3) is 0.467. The Kier molecular flexibility index (Phi) is 3.78. The van der Waals surface area contributed by atoms with Gasteiger partial charge < -0.3 is 9.84 Å². The maximum Gasteiger partial charge on any atom is 0.243 e. The molecule has 5 heteroatoms. The third-order valence-corrected chi connectivity index (χ3v) is 3.72. The van der Waals surface area contributed by atoms with Crippen molar-refractivity contribution in [2.75, 3.05) is 6.54 Å². The van der Waals surface area contributed by atoms with Crippen LogP contribution >= 0.6 is 0 Å². The van der Waals surface area contributed by atoms with Gasteiger partial charge in [0, 0.05) is 6.42 Å². The van der Waals surface area contributed by atoms with Crippen LogP contribution in [0.1, 0.15) is 43.1 Å². The van der Waals surface area contributed by atoms with Gasteiger partial charge >= 0.3 is 0 Å². The van der Waals surface area contributed by atoms with E-state index in [0.29, 0.717) is 24.1 Å². The minimum atomic E-state index is -0.233. The van der Waals surface area contributed by atoms with Crippen LogP contribution in [0, 0.1) is 11.7 Å². The molecule has 0 aliphatic carbocycles. The minimum Gasteiger partial charge on any atom is -0.338 e. The predicted octanol–water partition coefficient (Wildman–Crippen LogP) is 2.86. The van der Waals surface area contributed by atoms with Gasteiger partial charge in [-0.05, 0) is 43.0 Å². The molecule has 2 atom stereocenters. The molecule has 0 amide bonds. The molecule has 0 spiro atoms. The van der Waals surface area contributed by atoms with Crippen LogP contribution in [0.25, 0.3) is 0 Å². The summed E-state index contributed by atoms with van der Waals surface area (Å²) >= 11 is 0. The van der Waals surface area contributed by atoms with Crippen LogP contribution in [0.4, 0.5) is 4.39 Å². The smallest absolute Gasteiger partial charge is 0.243 e. The molecule has 2 unspecified atom stereocenters. The van der Waals surface area contributed by atoms with Crippen LogP contribution in [0.5, 0.6) is 0 Å². The maximum absolute atomic E-state index is 12.9. The average molecular weight is 275 g/mol. The van der Waals surface area contributed by atoms with Gasteiger partial charge in [0.1, 0.15) is 5.82 Å². The van der Waals surface area contributed by atoms with E-state index in [2.05, 4.69) is 22.4 Å². The molecule has 1 aromatic heterocycles. The summed E-state index contributed by atoms with van der Waals surface area (Å²) in [6.07, 6.45) is 2.78. The van der Waals surface area contributed by atoms with E-state index in [9.17, 15) is 4.39 Å². The molecule has 0 saturated carbocycles. The zero-order valence-electron chi connectivity index (χ0n) is 11.5. The summed E-state index contributed by atoms with van der Waals surface area (Å²) in [5, 5.41) is 7.42. The molecule has 1 aliphatic heterocycles. The van der Waals surface area contributed by atoms with E-state index < -0.39 is 0 Å². The number of nitrogens with zero attached hydrogens (tertiary/aromatic N) is 2. The number of benzene rings is 1. The molecule has 1 aromatic carbocycles. The van der Waals surface area contributed by atoms with Gasteiger partial charge in [0.15, 0.2) is 5.82 Å². The van der Waals surface area contributed by atoms with Gasteiger partial charge in [-0.1, -0.05) is 24.2 Å². The van der Waals surface area contributed by atoms with Crippen LogP contribution in [-0.4, -0.2) is 16.7 Å². The largest absolute Gasteiger partial charge is 0.338 e. The van der Waals surface area contributed by atoms with Crippen molar-refractivity contribution in [1.82, 2.24) is 15.5 Å². The molecule has 2 aromatic rings. The van der Waals surface area contributed by atoms with E-state index in [1.165, 1.54) is 18.6 Å². The number of hydrogen-bond acceptors (Lipinski definition) is 4. The second-order valence-corrected chi connectivity index (χ2v) is 5.49. The van der Waals surface area contributed by atoms with Gasteiger partial charge in [0.05, 0.1) is 6.04 Å². The second kappa shape index (κ2) is 5.71. The highest BCUT2D eigenvalue weighted by Crippen LogP contribution is 2.25. The molecule has 20 heavy (non-hydrogen) atoms. The van der Waals surface area contributed by atoms with Crippen molar-refractivity contribution in [3.8, 4) is 0 Å². The lowest BCUT2D eigenvalue weighted by molar-refractivity contribution is 0.259. The number of piperidine rings is 1. The zero-order valence-corrected chi connectivity index (χ0v) is 11.5. The van der Waals surface area contributed by atoms with E-state index in [-0.39, 0.29) is 11.9 Å². The van der Waals surface area contributed by atoms with Crippen molar-refractivity contribution in [3.63, 3.8) is 0 Å². The van der Waals surface area contributed by atoms with Crippen molar-refractivity contribution < 1.29 is 8.91 Å². The molecule has 0 radical (unpaired) electrons. The highest BCUT2D eigenvalue weighted by atomic mass is 19.1. The maximum atomic E-state index is 12.9. The Morgan fingerprint density at radius 1 is 1.35 bits per heavy atom. The summed E-state index contributed by atoms with van der Waals surface area (Å²) in [4.78, 5) is 4.45. The first-order chi connectivity index (χ1) is 9.70. The van der Waals surface area contributed by atoms with Gasteiger partial charge in [-0.25, -0.2) is 4.39 Å². The van der Waals surface area contributed by atoms with Crippen molar-refractivity contribution in [2.24, 2.45) is 5.92 Å². The summed E-state index contributed by atoms with van der Waals surface area (Å²) in [6.45, 7) is 3.23. The first-order valence-corrected chi connectivity index (χ1v) is 7.01. The molecule has 2 heterocycles. The molecular formula is C15H18FN3O. The molecule has 1 N–H and O–H groups in total. The zero-order chi connectivity index (χ0) is 13.9. The normalized spacial score (nSPS) is 22.9. The van der Waals surface area contributed by atoms with E-state index >= 15 is 0 Å². The van der Waals surface area contributed by atoms with Crippen molar-refractivity contribution in [3.05, 3.63) is 47.4 Å². The Hall–Kier alpha value is -1.75. The monoisotopic (exact) mass is 275 g/mol. The molecule has 106 valence electrons. The Morgan fingerprint density at radius 2 is 2.15 bits per heavy atom. The Morgan fingerprint density at radius 3 is 2.90 bits per heavy atom. The minimum absolute atomic E-state index is 0.160. The number of rotatable bonds is 3. The van der Waals surface area contributed by atoms with Gasteiger partial charge in [0.25, 0.3) is 0 Å². The summed E-state index contributed by atoms with van der Waals surface area (Å²) in [6, 6.07) is 6.54. The molecule has 4 nitrogen and oxygen atoms in total. The Labute approximate surface area is 117 Å². The number of hydrogen-bond donors (Lipinski definition) is 1. The third kappa shape index (κ3) is 3.04. The lowest BCUT2D eigenvalue weighted by Gasteiger charge is -2.25. The van der Waals surface area contributed by atoms with Crippen LogP contribution in [0.2, 0.25) is 0 Å². The summed E-state index contributed by atoms with van der Waals surface area (Å²) in [7, 11) is 0. The first kappa shape index (κ1) is 13.2. The van der Waals surface area contributed by atoms with Crippen molar-refractivity contribution in [2.45, 2.75) is 32.2 Å². The molecule has 1 saturated heterocycles. The number of nitrogens with one attached hydrogen (secondary N) is 1. The molecule has 0 bridgehead atoms. The third-order valence-electron chi connectivity index (χ3n) is 3.72. The van der Waals surface area contributed by atoms with Crippen molar-refractivity contribution >= 4 is 0 Å². The van der Waals surface area contributed by atoms with Crippen molar-refractivity contribution in [1.29, 1.82) is 0 Å². The quantitative estimate of drug-likeness (QED) is 0.935. The van der Waals surface area contributed by atoms with Crippen LogP contribution in [0.15, 0.2) is 28.8 Å². The highest BCUT2D eigenvalue weighted by Gasteiger charge is 2.24. The van der Waals surface area contributed by atoms with E-state index in [4.69, 9.17) is 4.52 Å². The first-order valence-electron chi connectivity index (χ1n) is 7.01. The molecule has 1 aliphatic rings. The van der Waals surface area contributed by atoms with E-state index in [0.717, 1.165) is 18.5 Å². The number of halogens is 1. The summed E-state index contributed by atoms with van der Waals surface area (Å²) < 4.78 is 18.2. The fourth-order valence-electron chi connectivity index (χ4n) is 2.56.